The van der Waals surface area contributed by atoms with Crippen molar-refractivity contribution in [2.75, 3.05) is 13.7 Å². The van der Waals surface area contributed by atoms with Crippen LogP contribution in [0, 0.1) is 6.92 Å². The Balaban J connectivity index is 2.20. The number of aromatic nitrogens is 3. The van der Waals surface area contributed by atoms with Crippen LogP contribution < -0.4 is 11.3 Å². The lowest BCUT2D eigenvalue weighted by atomic mass is 10.1. The summed E-state index contributed by atoms with van der Waals surface area (Å²) < 4.78 is 6.90. The minimum absolute atomic E-state index is 0.132. The molecule has 1 atom stereocenters. The highest BCUT2D eigenvalue weighted by Crippen LogP contribution is 2.26. The number of aryl methyl sites for hydroxylation is 1. The Hall–Kier alpha value is -0.990. The first-order valence-electron chi connectivity index (χ1n) is 6.23. The molecule has 0 aliphatic heterocycles. The van der Waals surface area contributed by atoms with Crippen LogP contribution in [-0.4, -0.2) is 28.5 Å². The molecule has 2 rings (SSSR count). The number of hydrazine groups is 1. The summed E-state index contributed by atoms with van der Waals surface area (Å²) in [4.78, 5) is 4.46. The summed E-state index contributed by atoms with van der Waals surface area (Å²) in [6, 6.07) is -0.132. The maximum atomic E-state index is 6.23. The van der Waals surface area contributed by atoms with Gasteiger partial charge < -0.3 is 4.74 Å². The van der Waals surface area contributed by atoms with Crippen LogP contribution >= 0.6 is 22.9 Å². The van der Waals surface area contributed by atoms with E-state index in [1.807, 2.05) is 17.0 Å². The van der Waals surface area contributed by atoms with Gasteiger partial charge in [-0.2, -0.15) is 5.10 Å². The SMILES string of the molecule is COCCn1ncc(Cl)c1C(Cc1nc(C)cs1)NN. The number of halogens is 1. The molecule has 8 heteroatoms. The molecular formula is C12H18ClN5OS. The molecule has 0 spiro atoms. The molecule has 0 aliphatic carbocycles. The molecule has 0 aromatic carbocycles. The summed E-state index contributed by atoms with van der Waals surface area (Å²) in [5, 5.41) is 7.89. The molecule has 0 saturated carbocycles. The number of methoxy groups -OCH3 is 1. The van der Waals surface area contributed by atoms with Gasteiger partial charge in [-0.1, -0.05) is 11.6 Å². The lowest BCUT2D eigenvalue weighted by Gasteiger charge is -2.17. The smallest absolute Gasteiger partial charge is 0.0948 e. The summed E-state index contributed by atoms with van der Waals surface area (Å²) in [5.74, 6) is 5.68. The number of ether oxygens (including phenoxy) is 1. The van der Waals surface area contributed by atoms with Gasteiger partial charge in [-0.05, 0) is 6.92 Å². The third-order valence-electron chi connectivity index (χ3n) is 2.92. The molecule has 3 N–H and O–H groups in total. The van der Waals surface area contributed by atoms with E-state index in [-0.39, 0.29) is 6.04 Å². The van der Waals surface area contributed by atoms with Gasteiger partial charge in [0.2, 0.25) is 0 Å². The third kappa shape index (κ3) is 3.56. The van der Waals surface area contributed by atoms with E-state index in [9.17, 15) is 0 Å². The lowest BCUT2D eigenvalue weighted by molar-refractivity contribution is 0.181. The Kier molecular flexibility index (Phi) is 5.50. The summed E-state index contributed by atoms with van der Waals surface area (Å²) in [5.41, 5.74) is 4.67. The number of thiazole rings is 1. The van der Waals surface area contributed by atoms with Crippen LogP contribution in [0.4, 0.5) is 0 Å². The van der Waals surface area contributed by atoms with Crippen LogP contribution in [0.3, 0.4) is 0 Å². The average molecular weight is 316 g/mol. The second-order valence-corrected chi connectivity index (χ2v) is 5.75. The van der Waals surface area contributed by atoms with Gasteiger partial charge in [0.15, 0.2) is 0 Å². The van der Waals surface area contributed by atoms with E-state index in [0.29, 0.717) is 24.6 Å². The van der Waals surface area contributed by atoms with Crippen molar-refractivity contribution in [1.82, 2.24) is 20.2 Å². The molecule has 2 heterocycles. The van der Waals surface area contributed by atoms with E-state index >= 15 is 0 Å². The largest absolute Gasteiger partial charge is 0.383 e. The molecule has 6 nitrogen and oxygen atoms in total. The topological polar surface area (TPSA) is 78.0 Å². The number of nitrogens with one attached hydrogen (secondary N) is 1. The zero-order valence-corrected chi connectivity index (χ0v) is 13.0. The van der Waals surface area contributed by atoms with E-state index in [1.165, 1.54) is 0 Å². The first kappa shape index (κ1) is 15.4. The zero-order chi connectivity index (χ0) is 14.5. The lowest BCUT2D eigenvalue weighted by Crippen LogP contribution is -2.32. The molecule has 0 radical (unpaired) electrons. The van der Waals surface area contributed by atoms with E-state index in [1.54, 1.807) is 24.6 Å². The monoisotopic (exact) mass is 315 g/mol. The van der Waals surface area contributed by atoms with E-state index in [0.717, 1.165) is 16.4 Å². The van der Waals surface area contributed by atoms with E-state index < -0.39 is 0 Å². The van der Waals surface area contributed by atoms with Crippen molar-refractivity contribution in [3.05, 3.63) is 33.0 Å². The Bertz CT molecular complexity index is 556. The molecule has 2 aromatic rings. The predicted molar refractivity (Wildman–Crippen MR) is 79.7 cm³/mol. The molecular weight excluding hydrogens is 298 g/mol. The average Bonchev–Trinajstić information content (AvgIpc) is 3.00. The maximum Gasteiger partial charge on any atom is 0.0948 e. The number of nitrogens with zero attached hydrogens (tertiary/aromatic N) is 3. The highest BCUT2D eigenvalue weighted by atomic mass is 35.5. The Morgan fingerprint density at radius 3 is 3.00 bits per heavy atom. The first-order chi connectivity index (χ1) is 9.65. The van der Waals surface area contributed by atoms with Gasteiger partial charge in [-0.15, -0.1) is 11.3 Å². The van der Waals surface area contributed by atoms with Gasteiger partial charge in [0.05, 0.1) is 41.1 Å². The molecule has 0 saturated heterocycles. The third-order valence-corrected chi connectivity index (χ3v) is 4.20. The summed E-state index contributed by atoms with van der Waals surface area (Å²) in [7, 11) is 1.65. The first-order valence-corrected chi connectivity index (χ1v) is 7.48. The molecule has 0 bridgehead atoms. The molecule has 2 aromatic heterocycles. The van der Waals surface area contributed by atoms with Crippen LogP contribution in [0.25, 0.3) is 0 Å². The Morgan fingerprint density at radius 2 is 2.40 bits per heavy atom. The van der Waals surface area contributed by atoms with Crippen molar-refractivity contribution in [3.63, 3.8) is 0 Å². The molecule has 0 amide bonds. The summed E-state index contributed by atoms with van der Waals surface area (Å²) in [6.07, 6.45) is 2.30. The van der Waals surface area contributed by atoms with Gasteiger partial charge in [0.25, 0.3) is 0 Å². The quantitative estimate of drug-likeness (QED) is 0.600. The van der Waals surface area contributed by atoms with Crippen LogP contribution in [0.15, 0.2) is 11.6 Å². The zero-order valence-electron chi connectivity index (χ0n) is 11.5. The molecule has 20 heavy (non-hydrogen) atoms. The highest BCUT2D eigenvalue weighted by Gasteiger charge is 2.21. The number of hydrogen-bond acceptors (Lipinski definition) is 6. The van der Waals surface area contributed by atoms with Gasteiger partial charge >= 0.3 is 0 Å². The van der Waals surface area contributed by atoms with Crippen molar-refractivity contribution in [1.29, 1.82) is 0 Å². The van der Waals surface area contributed by atoms with Crippen molar-refractivity contribution in [3.8, 4) is 0 Å². The van der Waals surface area contributed by atoms with Crippen LogP contribution in [0.5, 0.6) is 0 Å². The Labute approximate surface area is 126 Å². The van der Waals surface area contributed by atoms with Gasteiger partial charge in [0.1, 0.15) is 0 Å². The maximum absolute atomic E-state index is 6.23. The van der Waals surface area contributed by atoms with Crippen LogP contribution in [0.1, 0.15) is 22.4 Å². The van der Waals surface area contributed by atoms with Crippen LogP contribution in [0.2, 0.25) is 5.02 Å². The molecule has 1 unspecified atom stereocenters. The van der Waals surface area contributed by atoms with Gasteiger partial charge in [-0.3, -0.25) is 16.0 Å². The van der Waals surface area contributed by atoms with Gasteiger partial charge in [0, 0.05) is 24.6 Å². The second-order valence-electron chi connectivity index (χ2n) is 4.40. The fourth-order valence-electron chi connectivity index (χ4n) is 1.98. The summed E-state index contributed by atoms with van der Waals surface area (Å²) in [6.45, 7) is 3.17. The van der Waals surface area contributed by atoms with E-state index in [4.69, 9.17) is 22.2 Å². The van der Waals surface area contributed by atoms with Crippen molar-refractivity contribution in [2.24, 2.45) is 5.84 Å². The van der Waals surface area contributed by atoms with Crippen molar-refractivity contribution < 1.29 is 4.74 Å². The van der Waals surface area contributed by atoms with E-state index in [2.05, 4.69) is 15.5 Å². The number of hydrogen-bond donors (Lipinski definition) is 2. The minimum atomic E-state index is -0.132. The van der Waals surface area contributed by atoms with Gasteiger partial charge in [-0.25, -0.2) is 4.98 Å². The molecule has 0 fully saturated rings. The fourth-order valence-corrected chi connectivity index (χ4v) is 3.07. The standard InChI is InChI=1S/C12H18ClN5OS/c1-8-7-20-11(16-8)5-10(17-14)12-9(13)6-15-18(12)3-4-19-2/h6-7,10,17H,3-5,14H2,1-2H3. The minimum Gasteiger partial charge on any atom is -0.383 e. The number of rotatable bonds is 7. The molecule has 0 aliphatic rings. The predicted octanol–water partition coefficient (Wildman–Crippen LogP) is 1.69. The Morgan fingerprint density at radius 1 is 1.60 bits per heavy atom. The fraction of sp³-hybridized carbons (Fsp3) is 0.500. The second kappa shape index (κ2) is 7.14. The molecule has 110 valence electrons. The normalized spacial score (nSPS) is 12.8. The van der Waals surface area contributed by atoms with Crippen molar-refractivity contribution in [2.45, 2.75) is 25.9 Å². The van der Waals surface area contributed by atoms with Crippen molar-refractivity contribution >= 4 is 22.9 Å². The highest BCUT2D eigenvalue weighted by molar-refractivity contribution is 7.09. The van der Waals surface area contributed by atoms with Crippen LogP contribution in [-0.2, 0) is 17.7 Å². The summed E-state index contributed by atoms with van der Waals surface area (Å²) >= 11 is 7.85. The number of nitrogens with two attached hydrogens (primary N) is 1.